The molecule has 0 spiro atoms. The van der Waals surface area contributed by atoms with Crippen LogP contribution in [-0.4, -0.2) is 36.6 Å². The van der Waals surface area contributed by atoms with Crippen molar-refractivity contribution in [2.75, 3.05) is 19.0 Å². The van der Waals surface area contributed by atoms with Gasteiger partial charge < -0.3 is 15.4 Å². The number of methoxy groups -OCH3 is 1. The van der Waals surface area contributed by atoms with Crippen LogP contribution in [0.1, 0.15) is 51.0 Å². The SMILES string of the molecule is CC[C@@H](Nc1ncc(/C=C/C(=O)OC)cc1Cl)C(=O)NCC1CCCCC1. The molecule has 1 aromatic rings. The van der Waals surface area contributed by atoms with Gasteiger partial charge in [0.2, 0.25) is 5.91 Å². The first-order valence-corrected chi connectivity index (χ1v) is 9.87. The summed E-state index contributed by atoms with van der Waals surface area (Å²) in [5.74, 6) is 0.555. The largest absolute Gasteiger partial charge is 0.466 e. The van der Waals surface area contributed by atoms with Crippen molar-refractivity contribution in [3.63, 3.8) is 0 Å². The number of anilines is 1. The van der Waals surface area contributed by atoms with Gasteiger partial charge in [0.15, 0.2) is 0 Å². The number of nitrogens with one attached hydrogen (secondary N) is 2. The molecular formula is C20H28ClN3O3. The Morgan fingerprint density at radius 1 is 1.37 bits per heavy atom. The van der Waals surface area contributed by atoms with Crippen LogP contribution in [0.3, 0.4) is 0 Å². The van der Waals surface area contributed by atoms with Crippen LogP contribution < -0.4 is 10.6 Å². The zero-order valence-electron chi connectivity index (χ0n) is 16.0. The monoisotopic (exact) mass is 393 g/mol. The number of rotatable bonds is 8. The molecule has 0 unspecified atom stereocenters. The molecule has 1 amide bonds. The van der Waals surface area contributed by atoms with Gasteiger partial charge in [0, 0.05) is 18.8 Å². The lowest BCUT2D eigenvalue weighted by molar-refractivity contribution is -0.134. The van der Waals surface area contributed by atoms with E-state index in [1.165, 1.54) is 45.3 Å². The third-order valence-corrected chi connectivity index (χ3v) is 5.09. The van der Waals surface area contributed by atoms with E-state index in [0.29, 0.717) is 28.7 Å². The number of carbonyl (C=O) groups excluding carboxylic acids is 2. The second-order valence-electron chi connectivity index (χ2n) is 6.81. The standard InChI is InChI=1S/C20H28ClN3O3/c1-3-17(20(26)23-12-14-7-5-4-6-8-14)24-19-16(21)11-15(13-22-19)9-10-18(25)27-2/h9-11,13-14,17H,3-8,12H2,1-2H3,(H,22,24)(H,23,26)/b10-9+/t17-/m1/s1. The molecule has 2 rings (SSSR count). The number of amides is 1. The lowest BCUT2D eigenvalue weighted by Gasteiger charge is -2.24. The van der Waals surface area contributed by atoms with E-state index in [0.717, 1.165) is 6.54 Å². The molecular weight excluding hydrogens is 366 g/mol. The highest BCUT2D eigenvalue weighted by Crippen LogP contribution is 2.24. The van der Waals surface area contributed by atoms with Crippen LogP contribution >= 0.6 is 11.6 Å². The summed E-state index contributed by atoms with van der Waals surface area (Å²) in [6, 6.07) is 1.29. The average Bonchev–Trinajstić information content (AvgIpc) is 2.70. The molecule has 148 valence electrons. The van der Waals surface area contributed by atoms with Crippen LogP contribution in [-0.2, 0) is 14.3 Å². The summed E-state index contributed by atoms with van der Waals surface area (Å²) in [5, 5.41) is 6.57. The molecule has 2 N–H and O–H groups in total. The van der Waals surface area contributed by atoms with Gasteiger partial charge in [-0.15, -0.1) is 0 Å². The molecule has 1 aliphatic rings. The van der Waals surface area contributed by atoms with E-state index < -0.39 is 12.0 Å². The van der Waals surface area contributed by atoms with Gasteiger partial charge in [-0.3, -0.25) is 4.79 Å². The molecule has 0 aliphatic heterocycles. The Labute approximate surface area is 165 Å². The topological polar surface area (TPSA) is 80.3 Å². The predicted molar refractivity (Wildman–Crippen MR) is 108 cm³/mol. The van der Waals surface area contributed by atoms with Crippen molar-refractivity contribution >= 4 is 35.4 Å². The molecule has 1 aliphatic carbocycles. The zero-order chi connectivity index (χ0) is 19.6. The number of carbonyl (C=O) groups is 2. The van der Waals surface area contributed by atoms with Gasteiger partial charge in [0.1, 0.15) is 11.9 Å². The Morgan fingerprint density at radius 2 is 2.11 bits per heavy atom. The van der Waals surface area contributed by atoms with Gasteiger partial charge in [0.05, 0.1) is 12.1 Å². The smallest absolute Gasteiger partial charge is 0.330 e. The van der Waals surface area contributed by atoms with E-state index in [1.807, 2.05) is 6.92 Å². The molecule has 1 saturated carbocycles. The first kappa shape index (κ1) is 21.2. The molecule has 1 aromatic heterocycles. The van der Waals surface area contributed by atoms with Crippen LogP contribution in [0.4, 0.5) is 5.82 Å². The van der Waals surface area contributed by atoms with Gasteiger partial charge in [-0.25, -0.2) is 9.78 Å². The normalized spacial score (nSPS) is 16.1. The van der Waals surface area contributed by atoms with Crippen LogP contribution in [0.2, 0.25) is 5.02 Å². The lowest BCUT2D eigenvalue weighted by Crippen LogP contribution is -2.41. The maximum atomic E-state index is 12.5. The van der Waals surface area contributed by atoms with Crippen LogP contribution in [0.15, 0.2) is 18.3 Å². The van der Waals surface area contributed by atoms with Crippen molar-refractivity contribution < 1.29 is 14.3 Å². The Balaban J connectivity index is 1.93. The quantitative estimate of drug-likeness (QED) is 0.518. The Kier molecular flexibility index (Phi) is 8.58. The first-order chi connectivity index (χ1) is 13.0. The second kappa shape index (κ2) is 10.9. The number of hydrogen-bond donors (Lipinski definition) is 2. The van der Waals surface area contributed by atoms with Gasteiger partial charge in [-0.05, 0) is 42.9 Å². The summed E-state index contributed by atoms with van der Waals surface area (Å²) < 4.78 is 4.55. The molecule has 1 fully saturated rings. The number of ether oxygens (including phenoxy) is 1. The summed E-state index contributed by atoms with van der Waals surface area (Å²) in [7, 11) is 1.31. The number of nitrogens with zero attached hydrogens (tertiary/aromatic N) is 1. The van der Waals surface area contributed by atoms with Crippen molar-refractivity contribution in [2.45, 2.75) is 51.5 Å². The fourth-order valence-electron chi connectivity index (χ4n) is 3.16. The molecule has 1 heterocycles. The van der Waals surface area contributed by atoms with E-state index in [1.54, 1.807) is 18.3 Å². The van der Waals surface area contributed by atoms with Crippen LogP contribution in [0.5, 0.6) is 0 Å². The highest BCUT2D eigenvalue weighted by molar-refractivity contribution is 6.33. The Hall–Kier alpha value is -2.08. The van der Waals surface area contributed by atoms with E-state index in [2.05, 4.69) is 20.4 Å². The van der Waals surface area contributed by atoms with E-state index in [4.69, 9.17) is 11.6 Å². The molecule has 0 saturated heterocycles. The van der Waals surface area contributed by atoms with Gasteiger partial charge >= 0.3 is 5.97 Å². The van der Waals surface area contributed by atoms with Gasteiger partial charge in [-0.1, -0.05) is 37.8 Å². The fraction of sp³-hybridized carbons (Fsp3) is 0.550. The van der Waals surface area contributed by atoms with E-state index >= 15 is 0 Å². The van der Waals surface area contributed by atoms with E-state index in [-0.39, 0.29) is 5.91 Å². The maximum absolute atomic E-state index is 12.5. The number of aromatic nitrogens is 1. The van der Waals surface area contributed by atoms with Crippen molar-refractivity contribution in [3.8, 4) is 0 Å². The summed E-state index contributed by atoms with van der Waals surface area (Å²) in [5.41, 5.74) is 0.672. The third-order valence-electron chi connectivity index (χ3n) is 4.80. The number of pyridine rings is 1. The molecule has 0 bridgehead atoms. The minimum Gasteiger partial charge on any atom is -0.466 e. The predicted octanol–water partition coefficient (Wildman–Crippen LogP) is 3.81. The summed E-state index contributed by atoms with van der Waals surface area (Å²) >= 11 is 6.28. The minimum absolute atomic E-state index is 0.0318. The summed E-state index contributed by atoms with van der Waals surface area (Å²) in [4.78, 5) is 27.9. The molecule has 0 aromatic carbocycles. The third kappa shape index (κ3) is 6.86. The Morgan fingerprint density at radius 3 is 2.74 bits per heavy atom. The highest BCUT2D eigenvalue weighted by atomic mass is 35.5. The Bertz CT molecular complexity index is 672. The molecule has 7 heteroatoms. The zero-order valence-corrected chi connectivity index (χ0v) is 16.7. The highest BCUT2D eigenvalue weighted by Gasteiger charge is 2.20. The van der Waals surface area contributed by atoms with Crippen LogP contribution in [0, 0.1) is 5.92 Å². The second-order valence-corrected chi connectivity index (χ2v) is 7.22. The van der Waals surface area contributed by atoms with Crippen LogP contribution in [0.25, 0.3) is 6.08 Å². The number of hydrogen-bond acceptors (Lipinski definition) is 5. The first-order valence-electron chi connectivity index (χ1n) is 9.49. The number of esters is 1. The maximum Gasteiger partial charge on any atom is 0.330 e. The van der Waals surface area contributed by atoms with Gasteiger partial charge in [0.25, 0.3) is 0 Å². The molecule has 27 heavy (non-hydrogen) atoms. The summed E-state index contributed by atoms with van der Waals surface area (Å²) in [6.07, 6.45) is 11.3. The molecule has 0 radical (unpaired) electrons. The van der Waals surface area contributed by atoms with Crippen molar-refractivity contribution in [1.82, 2.24) is 10.3 Å². The van der Waals surface area contributed by atoms with Crippen molar-refractivity contribution in [1.29, 1.82) is 0 Å². The van der Waals surface area contributed by atoms with Crippen molar-refractivity contribution in [2.24, 2.45) is 5.92 Å². The lowest BCUT2D eigenvalue weighted by atomic mass is 9.89. The molecule has 1 atom stereocenters. The number of halogens is 1. The summed E-state index contributed by atoms with van der Waals surface area (Å²) in [6.45, 7) is 2.68. The average molecular weight is 394 g/mol. The fourth-order valence-corrected chi connectivity index (χ4v) is 3.39. The van der Waals surface area contributed by atoms with E-state index in [9.17, 15) is 9.59 Å². The van der Waals surface area contributed by atoms with Crippen molar-refractivity contribution in [3.05, 3.63) is 28.9 Å². The minimum atomic E-state index is -0.450. The van der Waals surface area contributed by atoms with Gasteiger partial charge in [-0.2, -0.15) is 0 Å². The molecule has 6 nitrogen and oxygen atoms in total.